The molecule has 0 aliphatic rings. The average molecular weight is 295 g/mol. The quantitative estimate of drug-likeness (QED) is 0.529. The summed E-state index contributed by atoms with van der Waals surface area (Å²) in [6.45, 7) is 0.307. The second-order valence-electron chi connectivity index (χ2n) is 3.89. The lowest BCUT2D eigenvalue weighted by Crippen LogP contribution is -2.13. The Labute approximate surface area is 121 Å². The molecule has 0 aliphatic carbocycles. The highest BCUT2D eigenvalue weighted by Gasteiger charge is 2.00. The molecule has 2 rings (SSSR count). The maximum atomic E-state index is 5.87. The Morgan fingerprint density at radius 2 is 1.74 bits per heavy atom. The number of hydrogen-bond donors (Lipinski definition) is 1. The van der Waals surface area contributed by atoms with E-state index in [1.165, 1.54) is 0 Å². The largest absolute Gasteiger partial charge is 0.389 e. The molecule has 5 heteroatoms. The Bertz CT molecular complexity index is 600. The van der Waals surface area contributed by atoms with Crippen molar-refractivity contribution >= 4 is 29.0 Å². The number of nitrogens with two attached hydrogens (primary N) is 1. The minimum absolute atomic E-state index is 0.282. The molecule has 0 aliphatic heterocycles. The number of halogens is 2. The summed E-state index contributed by atoms with van der Waals surface area (Å²) >= 11 is 11.7. The predicted molar refractivity (Wildman–Crippen MR) is 78.4 cm³/mol. The van der Waals surface area contributed by atoms with Crippen LogP contribution in [0.15, 0.2) is 53.7 Å². The zero-order valence-electron chi connectivity index (χ0n) is 10.0. The van der Waals surface area contributed by atoms with Crippen LogP contribution in [0.1, 0.15) is 11.1 Å². The summed E-state index contributed by atoms with van der Waals surface area (Å²) in [6.07, 6.45) is 0. The molecule has 0 saturated carbocycles. The van der Waals surface area contributed by atoms with E-state index in [2.05, 4.69) is 5.16 Å². The molecule has 0 aromatic heterocycles. The first-order valence-corrected chi connectivity index (χ1v) is 6.36. The summed E-state index contributed by atoms with van der Waals surface area (Å²) < 4.78 is 0. The van der Waals surface area contributed by atoms with Gasteiger partial charge in [0.25, 0.3) is 0 Å². The summed E-state index contributed by atoms with van der Waals surface area (Å²) in [5.41, 5.74) is 7.45. The lowest BCUT2D eigenvalue weighted by atomic mass is 10.2. The van der Waals surface area contributed by atoms with Crippen molar-refractivity contribution < 1.29 is 4.84 Å². The Kier molecular flexibility index (Phi) is 4.66. The Hall–Kier alpha value is -1.71. The van der Waals surface area contributed by atoms with Crippen LogP contribution in [0.25, 0.3) is 0 Å². The second kappa shape index (κ2) is 6.45. The summed E-state index contributed by atoms with van der Waals surface area (Å²) in [5.74, 6) is 0.282. The van der Waals surface area contributed by atoms with Gasteiger partial charge in [-0.25, -0.2) is 0 Å². The van der Waals surface area contributed by atoms with Gasteiger partial charge in [-0.1, -0.05) is 52.6 Å². The van der Waals surface area contributed by atoms with Crippen molar-refractivity contribution in [2.45, 2.75) is 6.61 Å². The molecule has 3 nitrogen and oxygen atoms in total. The van der Waals surface area contributed by atoms with Crippen molar-refractivity contribution in [2.75, 3.05) is 0 Å². The highest BCUT2D eigenvalue weighted by atomic mass is 35.5. The van der Waals surface area contributed by atoms with Crippen LogP contribution in [-0.2, 0) is 11.4 Å². The van der Waals surface area contributed by atoms with Gasteiger partial charge in [-0.3, -0.25) is 0 Å². The zero-order valence-corrected chi connectivity index (χ0v) is 11.5. The Balaban J connectivity index is 1.99. The van der Waals surface area contributed by atoms with E-state index < -0.39 is 0 Å². The van der Waals surface area contributed by atoms with E-state index >= 15 is 0 Å². The molecule has 0 amide bonds. The summed E-state index contributed by atoms with van der Waals surface area (Å²) in [6, 6.07) is 14.5. The first kappa shape index (κ1) is 13.7. The average Bonchev–Trinajstić information content (AvgIpc) is 2.38. The van der Waals surface area contributed by atoms with Crippen molar-refractivity contribution in [1.29, 1.82) is 0 Å². The molecule has 0 saturated heterocycles. The van der Waals surface area contributed by atoms with E-state index in [1.807, 2.05) is 24.3 Å². The maximum Gasteiger partial charge on any atom is 0.170 e. The van der Waals surface area contributed by atoms with Gasteiger partial charge >= 0.3 is 0 Å². The smallest absolute Gasteiger partial charge is 0.170 e. The van der Waals surface area contributed by atoms with E-state index in [0.717, 1.165) is 11.1 Å². The van der Waals surface area contributed by atoms with Crippen LogP contribution in [0.4, 0.5) is 0 Å². The van der Waals surface area contributed by atoms with Crippen LogP contribution in [0.2, 0.25) is 10.0 Å². The van der Waals surface area contributed by atoms with Crippen LogP contribution in [0.3, 0.4) is 0 Å². The third-order valence-corrected chi connectivity index (χ3v) is 2.87. The van der Waals surface area contributed by atoms with Crippen molar-refractivity contribution in [3.8, 4) is 0 Å². The molecule has 0 fully saturated rings. The number of nitrogens with zero attached hydrogens (tertiary/aromatic N) is 1. The summed E-state index contributed by atoms with van der Waals surface area (Å²) in [7, 11) is 0. The van der Waals surface area contributed by atoms with Crippen molar-refractivity contribution in [3.63, 3.8) is 0 Å². The normalized spacial score (nSPS) is 11.4. The minimum Gasteiger partial charge on any atom is -0.389 e. The van der Waals surface area contributed by atoms with E-state index in [-0.39, 0.29) is 5.84 Å². The van der Waals surface area contributed by atoms with Crippen LogP contribution in [0, 0.1) is 0 Å². The van der Waals surface area contributed by atoms with E-state index in [0.29, 0.717) is 16.7 Å². The molecule has 98 valence electrons. The van der Waals surface area contributed by atoms with Crippen molar-refractivity contribution in [1.82, 2.24) is 0 Å². The molecule has 2 aromatic rings. The maximum absolute atomic E-state index is 5.87. The molecular weight excluding hydrogens is 283 g/mol. The summed E-state index contributed by atoms with van der Waals surface area (Å²) in [4.78, 5) is 5.19. The van der Waals surface area contributed by atoms with E-state index in [9.17, 15) is 0 Å². The first-order chi connectivity index (χ1) is 9.15. The van der Waals surface area contributed by atoms with Gasteiger partial charge in [-0.15, -0.1) is 0 Å². The highest BCUT2D eigenvalue weighted by Crippen LogP contribution is 2.12. The van der Waals surface area contributed by atoms with Gasteiger partial charge < -0.3 is 10.6 Å². The SMILES string of the molecule is N/C(=N/OCc1cccc(Cl)c1)c1cccc(Cl)c1. The van der Waals surface area contributed by atoms with Crippen LogP contribution < -0.4 is 5.73 Å². The lowest BCUT2D eigenvalue weighted by Gasteiger charge is -2.03. The van der Waals surface area contributed by atoms with Gasteiger partial charge in [0.05, 0.1) is 0 Å². The molecule has 2 aromatic carbocycles. The van der Waals surface area contributed by atoms with Gasteiger partial charge in [0.1, 0.15) is 6.61 Å². The third kappa shape index (κ3) is 4.16. The van der Waals surface area contributed by atoms with Gasteiger partial charge in [-0.05, 0) is 29.8 Å². The second-order valence-corrected chi connectivity index (χ2v) is 4.76. The van der Waals surface area contributed by atoms with E-state index in [4.69, 9.17) is 33.8 Å². The topological polar surface area (TPSA) is 47.6 Å². The van der Waals surface area contributed by atoms with Crippen LogP contribution in [0.5, 0.6) is 0 Å². The fourth-order valence-corrected chi connectivity index (χ4v) is 1.91. The Morgan fingerprint density at radius 3 is 2.42 bits per heavy atom. The van der Waals surface area contributed by atoms with Gasteiger partial charge in [0.15, 0.2) is 5.84 Å². The number of benzene rings is 2. The van der Waals surface area contributed by atoms with Crippen molar-refractivity contribution in [2.24, 2.45) is 10.9 Å². The molecule has 0 spiro atoms. The molecule has 19 heavy (non-hydrogen) atoms. The fourth-order valence-electron chi connectivity index (χ4n) is 1.50. The molecule has 0 atom stereocenters. The number of amidine groups is 1. The standard InChI is InChI=1S/C14H12Cl2N2O/c15-12-5-1-3-10(7-12)9-19-18-14(17)11-4-2-6-13(16)8-11/h1-8H,9H2,(H2,17,18). The molecule has 0 bridgehead atoms. The van der Waals surface area contributed by atoms with Gasteiger partial charge in [-0.2, -0.15) is 0 Å². The lowest BCUT2D eigenvalue weighted by molar-refractivity contribution is 0.130. The molecule has 0 heterocycles. The fraction of sp³-hybridized carbons (Fsp3) is 0.0714. The van der Waals surface area contributed by atoms with Crippen molar-refractivity contribution in [3.05, 3.63) is 69.7 Å². The highest BCUT2D eigenvalue weighted by molar-refractivity contribution is 6.31. The molecule has 0 unspecified atom stereocenters. The van der Waals surface area contributed by atoms with Crippen LogP contribution >= 0.6 is 23.2 Å². The zero-order chi connectivity index (χ0) is 13.7. The molecule has 0 radical (unpaired) electrons. The number of rotatable bonds is 4. The van der Waals surface area contributed by atoms with E-state index in [1.54, 1.807) is 24.3 Å². The minimum atomic E-state index is 0.282. The van der Waals surface area contributed by atoms with Gasteiger partial charge in [0.2, 0.25) is 0 Å². The Morgan fingerprint density at radius 1 is 1.05 bits per heavy atom. The first-order valence-electron chi connectivity index (χ1n) is 5.61. The molecular formula is C14H12Cl2N2O. The number of hydrogen-bond acceptors (Lipinski definition) is 2. The monoisotopic (exact) mass is 294 g/mol. The molecule has 2 N–H and O–H groups in total. The number of oxime groups is 1. The predicted octanol–water partition coefficient (Wildman–Crippen LogP) is 3.83. The third-order valence-electron chi connectivity index (χ3n) is 2.40. The van der Waals surface area contributed by atoms with Crippen LogP contribution in [-0.4, -0.2) is 5.84 Å². The van der Waals surface area contributed by atoms with Gasteiger partial charge in [0, 0.05) is 15.6 Å². The summed E-state index contributed by atoms with van der Waals surface area (Å²) in [5, 5.41) is 5.12.